The highest BCUT2D eigenvalue weighted by Crippen LogP contribution is 2.20. The van der Waals surface area contributed by atoms with Gasteiger partial charge in [0.25, 0.3) is 0 Å². The van der Waals surface area contributed by atoms with E-state index in [1.54, 1.807) is 5.57 Å². The third-order valence-corrected chi connectivity index (χ3v) is 6.64. The molecule has 0 aliphatic heterocycles. The molecule has 0 atom stereocenters. The Bertz CT molecular complexity index is 481. The molecule has 3 nitrogen and oxygen atoms in total. The van der Waals surface area contributed by atoms with Crippen LogP contribution in [0, 0.1) is 0 Å². The van der Waals surface area contributed by atoms with Gasteiger partial charge >= 0.3 is 5.97 Å². The number of aliphatic carboxylic acids is 1. The van der Waals surface area contributed by atoms with E-state index >= 15 is 0 Å². The lowest BCUT2D eigenvalue weighted by Gasteiger charge is -2.09. The molecule has 0 aromatic carbocycles. The molecule has 0 aliphatic carbocycles. The summed E-state index contributed by atoms with van der Waals surface area (Å²) in [5.74, 6) is -0.579. The third kappa shape index (κ3) is 25.3. The van der Waals surface area contributed by atoms with Gasteiger partial charge in [0.1, 0.15) is 5.78 Å². The summed E-state index contributed by atoms with van der Waals surface area (Å²) in [7, 11) is 0. The van der Waals surface area contributed by atoms with Crippen LogP contribution in [0.1, 0.15) is 168 Å². The minimum absolute atomic E-state index is 0.105. The molecule has 194 valence electrons. The zero-order chi connectivity index (χ0) is 24.4. The van der Waals surface area contributed by atoms with E-state index in [1.807, 2.05) is 0 Å². The van der Waals surface area contributed by atoms with Gasteiger partial charge in [-0.25, -0.2) is 0 Å². The van der Waals surface area contributed by atoms with Crippen LogP contribution in [-0.4, -0.2) is 16.9 Å². The number of carbonyl (C=O) groups excluding carboxylic acids is 1. The first-order valence-corrected chi connectivity index (χ1v) is 14.5. The van der Waals surface area contributed by atoms with E-state index in [4.69, 9.17) is 5.11 Å². The fourth-order valence-electron chi connectivity index (χ4n) is 4.47. The van der Waals surface area contributed by atoms with Crippen LogP contribution >= 0.6 is 0 Å². The summed E-state index contributed by atoms with van der Waals surface area (Å²) >= 11 is 0. The van der Waals surface area contributed by atoms with Crippen molar-refractivity contribution in [2.75, 3.05) is 0 Å². The van der Waals surface area contributed by atoms with E-state index in [0.717, 1.165) is 12.8 Å². The predicted octanol–water partition coefficient (Wildman–Crippen LogP) is 9.97. The summed E-state index contributed by atoms with van der Waals surface area (Å²) < 4.78 is 0. The van der Waals surface area contributed by atoms with Crippen molar-refractivity contribution in [3.05, 3.63) is 11.6 Å². The molecular formula is C30H56O3. The molecule has 3 heteroatoms. The van der Waals surface area contributed by atoms with Gasteiger partial charge in [-0.1, -0.05) is 115 Å². The largest absolute Gasteiger partial charge is 0.481 e. The van der Waals surface area contributed by atoms with Crippen molar-refractivity contribution >= 4 is 11.8 Å². The third-order valence-electron chi connectivity index (χ3n) is 6.64. The summed E-state index contributed by atoms with van der Waals surface area (Å²) in [5, 5.41) is 8.71. The maximum absolute atomic E-state index is 12.0. The lowest BCUT2D eigenvalue weighted by atomic mass is 9.97. The van der Waals surface area contributed by atoms with Crippen molar-refractivity contribution in [1.29, 1.82) is 0 Å². The molecule has 0 bridgehead atoms. The van der Waals surface area contributed by atoms with Crippen LogP contribution in [0.5, 0.6) is 0 Å². The number of Topliss-reactive ketones (excluding diaryl/α,β-unsaturated/α-hetero) is 1. The van der Waals surface area contributed by atoms with Gasteiger partial charge in [0.05, 0.1) is 0 Å². The molecule has 0 saturated carbocycles. The Morgan fingerprint density at radius 2 is 0.939 bits per heavy atom. The fraction of sp³-hybridized carbons (Fsp3) is 0.867. The SMILES string of the molecule is CCCCCCCC/C=C(/CCCCCCCCCCCC)CCCC(=O)CCCC(=O)O. The van der Waals surface area contributed by atoms with Gasteiger partial charge in [0.2, 0.25) is 0 Å². The van der Waals surface area contributed by atoms with Crippen LogP contribution < -0.4 is 0 Å². The number of unbranched alkanes of at least 4 members (excludes halogenated alkanes) is 15. The van der Waals surface area contributed by atoms with Gasteiger partial charge < -0.3 is 5.11 Å². The average molecular weight is 465 g/mol. The number of rotatable bonds is 26. The molecule has 0 aromatic heterocycles. The van der Waals surface area contributed by atoms with Gasteiger partial charge in [-0.2, -0.15) is 0 Å². The standard InChI is InChI=1S/C30H56O3/c1-3-5-7-9-11-12-13-15-17-19-23-28(22-18-16-14-10-8-6-4-2)24-20-25-29(31)26-21-27-30(32)33/h22H,3-21,23-27H2,1-2H3,(H,32,33)/b28-22-. The summed E-state index contributed by atoms with van der Waals surface area (Å²) in [6.45, 7) is 4.54. The minimum atomic E-state index is -0.806. The Morgan fingerprint density at radius 3 is 1.45 bits per heavy atom. The van der Waals surface area contributed by atoms with E-state index in [2.05, 4.69) is 19.9 Å². The number of hydrogen-bond donors (Lipinski definition) is 1. The highest BCUT2D eigenvalue weighted by molar-refractivity contribution is 5.78. The molecule has 1 N–H and O–H groups in total. The smallest absolute Gasteiger partial charge is 0.303 e. The predicted molar refractivity (Wildman–Crippen MR) is 143 cm³/mol. The Morgan fingerprint density at radius 1 is 0.515 bits per heavy atom. The highest BCUT2D eigenvalue weighted by atomic mass is 16.4. The molecule has 0 unspecified atom stereocenters. The summed E-state index contributed by atoms with van der Waals surface area (Å²) in [6, 6.07) is 0. The van der Waals surface area contributed by atoms with Gasteiger partial charge in [-0.05, 0) is 44.9 Å². The van der Waals surface area contributed by atoms with Crippen molar-refractivity contribution in [2.24, 2.45) is 0 Å². The Labute approximate surface area is 206 Å². The van der Waals surface area contributed by atoms with Gasteiger partial charge in [-0.3, -0.25) is 9.59 Å². The van der Waals surface area contributed by atoms with Crippen molar-refractivity contribution in [2.45, 2.75) is 168 Å². The second-order valence-electron chi connectivity index (χ2n) is 9.99. The number of carbonyl (C=O) groups is 2. The van der Waals surface area contributed by atoms with Crippen LogP contribution in [-0.2, 0) is 9.59 Å². The van der Waals surface area contributed by atoms with Crippen molar-refractivity contribution < 1.29 is 14.7 Å². The van der Waals surface area contributed by atoms with Gasteiger partial charge in [0, 0.05) is 19.3 Å². The van der Waals surface area contributed by atoms with Crippen molar-refractivity contribution in [1.82, 2.24) is 0 Å². The van der Waals surface area contributed by atoms with Gasteiger partial charge in [0.15, 0.2) is 0 Å². The van der Waals surface area contributed by atoms with E-state index in [1.165, 1.54) is 116 Å². The molecule has 0 saturated heterocycles. The maximum Gasteiger partial charge on any atom is 0.303 e. The molecule has 0 fully saturated rings. The average Bonchev–Trinajstić information content (AvgIpc) is 2.79. The van der Waals surface area contributed by atoms with Crippen molar-refractivity contribution in [3.8, 4) is 0 Å². The number of carboxylic acid groups (broad SMARTS) is 1. The molecule has 0 spiro atoms. The summed E-state index contributed by atoms with van der Waals surface area (Å²) in [6.07, 6.45) is 30.1. The van der Waals surface area contributed by atoms with Crippen LogP contribution in [0.15, 0.2) is 11.6 Å². The molecule has 0 radical (unpaired) electrons. The first-order valence-electron chi connectivity index (χ1n) is 14.5. The van der Waals surface area contributed by atoms with Crippen LogP contribution in [0.25, 0.3) is 0 Å². The number of ketones is 1. The molecule has 33 heavy (non-hydrogen) atoms. The zero-order valence-electron chi connectivity index (χ0n) is 22.3. The van der Waals surface area contributed by atoms with E-state index in [9.17, 15) is 9.59 Å². The zero-order valence-corrected chi connectivity index (χ0v) is 22.3. The lowest BCUT2D eigenvalue weighted by molar-refractivity contribution is -0.137. The summed E-state index contributed by atoms with van der Waals surface area (Å²) in [4.78, 5) is 22.6. The highest BCUT2D eigenvalue weighted by Gasteiger charge is 2.06. The van der Waals surface area contributed by atoms with E-state index in [0.29, 0.717) is 19.3 Å². The van der Waals surface area contributed by atoms with E-state index in [-0.39, 0.29) is 12.2 Å². The molecule has 0 rings (SSSR count). The molecule has 0 amide bonds. The summed E-state index contributed by atoms with van der Waals surface area (Å²) in [5.41, 5.74) is 1.56. The first-order chi connectivity index (χ1) is 16.1. The Hall–Kier alpha value is -1.12. The van der Waals surface area contributed by atoms with Crippen molar-refractivity contribution in [3.63, 3.8) is 0 Å². The van der Waals surface area contributed by atoms with Crippen LogP contribution in [0.2, 0.25) is 0 Å². The molecular weight excluding hydrogens is 408 g/mol. The van der Waals surface area contributed by atoms with Crippen LogP contribution in [0.4, 0.5) is 0 Å². The minimum Gasteiger partial charge on any atom is -0.481 e. The number of allylic oxidation sites excluding steroid dienone is 2. The number of carboxylic acids is 1. The molecule has 0 heterocycles. The Kier molecular flexibility index (Phi) is 24.6. The monoisotopic (exact) mass is 464 g/mol. The topological polar surface area (TPSA) is 54.4 Å². The van der Waals surface area contributed by atoms with E-state index < -0.39 is 5.97 Å². The molecule has 0 aliphatic rings. The van der Waals surface area contributed by atoms with Crippen LogP contribution in [0.3, 0.4) is 0 Å². The van der Waals surface area contributed by atoms with Gasteiger partial charge in [-0.15, -0.1) is 0 Å². The Balaban J connectivity index is 4.10. The number of hydrogen-bond acceptors (Lipinski definition) is 2. The normalized spacial score (nSPS) is 11.8. The quantitative estimate of drug-likeness (QED) is 0.102. The first kappa shape index (κ1) is 31.9. The molecule has 0 aromatic rings. The fourth-order valence-corrected chi connectivity index (χ4v) is 4.47. The lowest BCUT2D eigenvalue weighted by Crippen LogP contribution is -2.01. The second-order valence-corrected chi connectivity index (χ2v) is 9.99. The maximum atomic E-state index is 12.0. The second kappa shape index (κ2) is 25.5.